The molecule has 21 heavy (non-hydrogen) atoms. The van der Waals surface area contributed by atoms with Crippen molar-refractivity contribution in [1.82, 2.24) is 19.3 Å². The minimum Gasteiger partial charge on any atom is -0.481 e. The molecule has 2 rings (SSSR count). The third kappa shape index (κ3) is 3.38. The van der Waals surface area contributed by atoms with Gasteiger partial charge in [-0.15, -0.1) is 0 Å². The fourth-order valence-corrected chi connectivity index (χ4v) is 3.04. The molecule has 0 saturated carbocycles. The zero-order valence-electron chi connectivity index (χ0n) is 12.7. The van der Waals surface area contributed by atoms with Gasteiger partial charge in [0.1, 0.15) is 5.52 Å². The van der Waals surface area contributed by atoms with Gasteiger partial charge in [-0.25, -0.2) is 4.98 Å². The molecule has 1 N–H and O–H groups in total. The van der Waals surface area contributed by atoms with Gasteiger partial charge >= 0.3 is 5.97 Å². The molecule has 0 aromatic carbocycles. The van der Waals surface area contributed by atoms with Crippen LogP contribution in [0.5, 0.6) is 0 Å². The second-order valence-corrected chi connectivity index (χ2v) is 5.78. The summed E-state index contributed by atoms with van der Waals surface area (Å²) in [4.78, 5) is 15.3. The maximum Gasteiger partial charge on any atom is 0.313 e. The molecule has 0 spiro atoms. The van der Waals surface area contributed by atoms with Gasteiger partial charge in [-0.2, -0.15) is 5.10 Å². The largest absolute Gasteiger partial charge is 0.481 e. The third-order valence-corrected chi connectivity index (χ3v) is 4.03. The Kier molecular flexibility index (Phi) is 4.89. The Bertz CT molecular complexity index is 649. The van der Waals surface area contributed by atoms with Crippen molar-refractivity contribution in [2.75, 3.05) is 12.4 Å². The van der Waals surface area contributed by atoms with Crippen LogP contribution in [0, 0.1) is 6.92 Å². The molecule has 0 radical (unpaired) electrons. The highest BCUT2D eigenvalue weighted by atomic mass is 32.2. The van der Waals surface area contributed by atoms with E-state index in [0.717, 1.165) is 16.9 Å². The van der Waals surface area contributed by atoms with Crippen LogP contribution in [0.2, 0.25) is 0 Å². The molecule has 2 aromatic rings. The lowest BCUT2D eigenvalue weighted by Gasteiger charge is -2.15. The molecule has 0 fully saturated rings. The minimum atomic E-state index is -0.855. The fraction of sp³-hybridized carbons (Fsp3) is 0.615. The Balaban J connectivity index is 2.40. The number of hydrogen-bond donors (Lipinski definition) is 1. The summed E-state index contributed by atoms with van der Waals surface area (Å²) >= 11 is 1.22. The maximum atomic E-state index is 10.8. The van der Waals surface area contributed by atoms with Crippen LogP contribution in [-0.4, -0.2) is 48.9 Å². The first-order valence-electron chi connectivity index (χ1n) is 6.80. The fourth-order valence-electron chi connectivity index (χ4n) is 2.31. The van der Waals surface area contributed by atoms with Crippen LogP contribution < -0.4 is 0 Å². The zero-order chi connectivity index (χ0) is 15.6. The van der Waals surface area contributed by atoms with E-state index in [1.165, 1.54) is 11.8 Å². The van der Waals surface area contributed by atoms with E-state index < -0.39 is 5.97 Å². The summed E-state index contributed by atoms with van der Waals surface area (Å²) in [6.45, 7) is 7.10. The number of fused-ring (bicyclic) bond motifs is 1. The van der Waals surface area contributed by atoms with E-state index in [4.69, 9.17) is 9.84 Å². The Labute approximate surface area is 127 Å². The van der Waals surface area contributed by atoms with Crippen LogP contribution in [0.3, 0.4) is 0 Å². The molecule has 1 unspecified atom stereocenters. The molecule has 2 aromatic heterocycles. The van der Waals surface area contributed by atoms with Gasteiger partial charge in [-0.1, -0.05) is 11.8 Å². The van der Waals surface area contributed by atoms with E-state index in [1.807, 2.05) is 32.4 Å². The molecular weight excluding hydrogens is 292 g/mol. The van der Waals surface area contributed by atoms with E-state index in [1.54, 1.807) is 4.68 Å². The van der Waals surface area contributed by atoms with E-state index in [0.29, 0.717) is 18.3 Å². The van der Waals surface area contributed by atoms with Crippen molar-refractivity contribution in [2.24, 2.45) is 7.05 Å². The summed E-state index contributed by atoms with van der Waals surface area (Å²) in [7, 11) is 1.87. The van der Waals surface area contributed by atoms with Crippen molar-refractivity contribution >= 4 is 28.9 Å². The van der Waals surface area contributed by atoms with Crippen molar-refractivity contribution in [3.63, 3.8) is 0 Å². The number of carboxylic acids is 1. The zero-order valence-corrected chi connectivity index (χ0v) is 13.5. The highest BCUT2D eigenvalue weighted by Gasteiger charge is 2.20. The summed E-state index contributed by atoms with van der Waals surface area (Å²) in [5.74, 6) is -0.870. The lowest BCUT2D eigenvalue weighted by atomic mass is 10.4. The monoisotopic (exact) mass is 312 g/mol. The summed E-state index contributed by atoms with van der Waals surface area (Å²) in [5, 5.41) is 13.9. The lowest BCUT2D eigenvalue weighted by Crippen LogP contribution is -2.18. The van der Waals surface area contributed by atoms with Crippen molar-refractivity contribution in [3.05, 3.63) is 5.69 Å². The van der Waals surface area contributed by atoms with Crippen LogP contribution in [0.15, 0.2) is 5.16 Å². The predicted molar refractivity (Wildman–Crippen MR) is 80.7 cm³/mol. The molecular formula is C13H20N4O3S. The van der Waals surface area contributed by atoms with Gasteiger partial charge in [0.2, 0.25) is 0 Å². The van der Waals surface area contributed by atoms with Gasteiger partial charge in [0, 0.05) is 13.7 Å². The van der Waals surface area contributed by atoms with E-state index in [9.17, 15) is 4.79 Å². The second kappa shape index (κ2) is 6.48. The van der Waals surface area contributed by atoms with Gasteiger partial charge in [0.15, 0.2) is 10.8 Å². The Morgan fingerprint density at radius 1 is 1.52 bits per heavy atom. The average molecular weight is 312 g/mol. The van der Waals surface area contributed by atoms with Gasteiger partial charge in [-0.3, -0.25) is 9.48 Å². The third-order valence-electron chi connectivity index (χ3n) is 3.07. The Morgan fingerprint density at radius 2 is 2.24 bits per heavy atom. The molecule has 0 amide bonds. The average Bonchev–Trinajstić information content (AvgIpc) is 2.87. The lowest BCUT2D eigenvalue weighted by molar-refractivity contribution is -0.133. The minimum absolute atomic E-state index is 0.0151. The highest BCUT2D eigenvalue weighted by Crippen LogP contribution is 2.26. The standard InChI is InChI=1S/C13H20N4O3S/c1-5-20-8(2)6-17-12-11(9(3)15-16(12)4)14-13(17)21-7-10(18)19/h8H,5-7H2,1-4H3,(H,18,19). The number of aromatic nitrogens is 4. The van der Waals surface area contributed by atoms with Gasteiger partial charge in [-0.05, 0) is 20.8 Å². The highest BCUT2D eigenvalue weighted by molar-refractivity contribution is 7.99. The number of aryl methyl sites for hydroxylation is 2. The van der Waals surface area contributed by atoms with Gasteiger partial charge < -0.3 is 14.4 Å². The summed E-state index contributed by atoms with van der Waals surface area (Å²) in [6, 6.07) is 0. The SMILES string of the molecule is CCOC(C)Cn1c(SCC(=O)O)nc2c(C)nn(C)c21. The molecule has 0 aliphatic heterocycles. The van der Waals surface area contributed by atoms with Crippen molar-refractivity contribution in [2.45, 2.75) is 38.6 Å². The smallest absolute Gasteiger partial charge is 0.313 e. The van der Waals surface area contributed by atoms with E-state index in [2.05, 4.69) is 10.1 Å². The topological polar surface area (TPSA) is 82.2 Å². The summed E-state index contributed by atoms with van der Waals surface area (Å²) in [6.07, 6.45) is 0.0202. The number of imidazole rings is 1. The first-order valence-corrected chi connectivity index (χ1v) is 7.78. The van der Waals surface area contributed by atoms with Gasteiger partial charge in [0.05, 0.1) is 24.1 Å². The Morgan fingerprint density at radius 3 is 2.86 bits per heavy atom. The number of carboxylic acid groups (broad SMARTS) is 1. The van der Waals surface area contributed by atoms with Gasteiger partial charge in [0.25, 0.3) is 0 Å². The summed E-state index contributed by atoms with van der Waals surface area (Å²) < 4.78 is 9.36. The number of rotatable bonds is 7. The van der Waals surface area contributed by atoms with Crippen molar-refractivity contribution < 1.29 is 14.6 Å². The molecule has 116 valence electrons. The predicted octanol–water partition coefficient (Wildman–Crippen LogP) is 1.68. The van der Waals surface area contributed by atoms with E-state index in [-0.39, 0.29) is 11.9 Å². The number of ether oxygens (including phenoxy) is 1. The van der Waals surface area contributed by atoms with E-state index >= 15 is 0 Å². The quantitative estimate of drug-likeness (QED) is 0.783. The molecule has 7 nitrogen and oxygen atoms in total. The summed E-state index contributed by atoms with van der Waals surface area (Å²) in [5.41, 5.74) is 2.55. The van der Waals surface area contributed by atoms with Crippen molar-refractivity contribution in [3.8, 4) is 0 Å². The molecule has 0 aliphatic carbocycles. The number of carbonyl (C=O) groups is 1. The Hall–Kier alpha value is -1.54. The molecule has 8 heteroatoms. The molecule has 1 atom stereocenters. The normalized spacial score (nSPS) is 13.0. The first kappa shape index (κ1) is 15.8. The molecule has 0 saturated heterocycles. The van der Waals surface area contributed by atoms with Crippen molar-refractivity contribution in [1.29, 1.82) is 0 Å². The number of aliphatic carboxylic acids is 1. The molecule has 2 heterocycles. The maximum absolute atomic E-state index is 10.8. The van der Waals surface area contributed by atoms with Crippen LogP contribution in [-0.2, 0) is 23.1 Å². The van der Waals surface area contributed by atoms with Crippen LogP contribution >= 0.6 is 11.8 Å². The second-order valence-electron chi connectivity index (χ2n) is 4.83. The van der Waals surface area contributed by atoms with Crippen LogP contribution in [0.4, 0.5) is 0 Å². The molecule has 0 aliphatic rings. The van der Waals surface area contributed by atoms with Crippen LogP contribution in [0.25, 0.3) is 11.2 Å². The number of thioether (sulfide) groups is 1. The number of nitrogens with zero attached hydrogens (tertiary/aromatic N) is 4. The van der Waals surface area contributed by atoms with Crippen LogP contribution in [0.1, 0.15) is 19.5 Å². The number of hydrogen-bond acceptors (Lipinski definition) is 5. The first-order chi connectivity index (χ1) is 9.93. The molecule has 0 bridgehead atoms.